The molecule has 0 spiro atoms. The van der Waals surface area contributed by atoms with Crippen LogP contribution in [0.25, 0.3) is 5.69 Å². The average Bonchev–Trinajstić information content (AvgIpc) is 2.95. The number of benzene rings is 2. The molecule has 0 saturated heterocycles. The summed E-state index contributed by atoms with van der Waals surface area (Å²) in [6.45, 7) is 2.68. The Morgan fingerprint density at radius 2 is 1.76 bits per heavy atom. The molecule has 0 aliphatic heterocycles. The van der Waals surface area contributed by atoms with Crippen LogP contribution in [0.4, 0.5) is 4.79 Å². The lowest BCUT2D eigenvalue weighted by molar-refractivity contribution is 0.0265. The van der Waals surface area contributed by atoms with E-state index < -0.39 is 29.8 Å². The Labute approximate surface area is 241 Å². The van der Waals surface area contributed by atoms with E-state index in [-0.39, 0.29) is 45.4 Å². The van der Waals surface area contributed by atoms with Crippen LogP contribution in [-0.4, -0.2) is 30.7 Å². The van der Waals surface area contributed by atoms with Crippen molar-refractivity contribution in [3.8, 4) is 23.4 Å². The molecule has 2 aromatic heterocycles. The Kier molecular flexibility index (Phi) is 8.86. The first-order valence-electron chi connectivity index (χ1n) is 11.8. The van der Waals surface area contributed by atoms with Gasteiger partial charge < -0.3 is 14.2 Å². The van der Waals surface area contributed by atoms with E-state index in [0.717, 1.165) is 0 Å². The molecule has 0 radical (unpaired) electrons. The average molecular weight is 599 g/mol. The molecule has 0 aliphatic carbocycles. The van der Waals surface area contributed by atoms with E-state index in [0.29, 0.717) is 20.4 Å². The Morgan fingerprint density at radius 1 is 1.07 bits per heavy atom. The van der Waals surface area contributed by atoms with Crippen molar-refractivity contribution in [2.24, 2.45) is 0 Å². The van der Waals surface area contributed by atoms with Gasteiger partial charge in [-0.25, -0.2) is 19.3 Å². The summed E-state index contributed by atoms with van der Waals surface area (Å²) in [7, 11) is 0. The molecule has 0 amide bonds. The van der Waals surface area contributed by atoms with Crippen LogP contribution in [0.1, 0.15) is 36.6 Å². The second-order valence-corrected chi connectivity index (χ2v) is 9.49. The number of H-pyrrole nitrogens is 1. The van der Waals surface area contributed by atoms with Crippen LogP contribution < -0.4 is 21.5 Å². The van der Waals surface area contributed by atoms with Gasteiger partial charge in [0.2, 0.25) is 11.6 Å². The zero-order valence-electron chi connectivity index (χ0n) is 21.5. The van der Waals surface area contributed by atoms with E-state index in [9.17, 15) is 24.4 Å². The molecule has 4 rings (SSSR count). The number of nitriles is 1. The van der Waals surface area contributed by atoms with Crippen LogP contribution in [0.2, 0.25) is 10.0 Å². The highest BCUT2D eigenvalue weighted by Crippen LogP contribution is 2.37. The standard InChI is InChI=1S/C26H20Cl2N6O7/c1-14(2)17-10-21(30-31-23(17)35)41-22-18(27)8-16(9-19(22)28)34-25(37)33(24(36)20(11-29)32-34)13-40-26(38)39-12-15-6-4-3-5-7-15/h3-10,14H,12-13H2,1-2H3,(H,31,35). The topological polar surface area (TPSA) is 171 Å². The number of rotatable bonds is 8. The first-order chi connectivity index (χ1) is 19.6. The molecule has 2 aromatic carbocycles. The second-order valence-electron chi connectivity index (χ2n) is 8.67. The van der Waals surface area contributed by atoms with Crippen molar-refractivity contribution >= 4 is 29.4 Å². The minimum Gasteiger partial charge on any atom is -0.434 e. The molecule has 0 atom stereocenters. The maximum absolute atomic E-state index is 13.1. The van der Waals surface area contributed by atoms with Crippen LogP contribution >= 0.6 is 23.2 Å². The van der Waals surface area contributed by atoms with E-state index in [4.69, 9.17) is 37.4 Å². The normalized spacial score (nSPS) is 10.7. The Morgan fingerprint density at radius 3 is 2.39 bits per heavy atom. The molecular formula is C26H20Cl2N6O7. The predicted octanol–water partition coefficient (Wildman–Crippen LogP) is 3.88. The van der Waals surface area contributed by atoms with E-state index in [1.54, 1.807) is 36.4 Å². The maximum atomic E-state index is 13.1. The molecule has 0 bridgehead atoms. The monoisotopic (exact) mass is 598 g/mol. The van der Waals surface area contributed by atoms with Gasteiger partial charge in [-0.3, -0.25) is 9.59 Å². The van der Waals surface area contributed by atoms with Crippen LogP contribution in [0.15, 0.2) is 62.9 Å². The SMILES string of the molecule is CC(C)c1cc(Oc2c(Cl)cc(-n3nc(C#N)c(=O)n(COC(=O)OCc4ccccc4)c3=O)cc2Cl)n[nH]c1=O. The summed E-state index contributed by atoms with van der Waals surface area (Å²) in [4.78, 5) is 49.8. The number of carbonyl (C=O) groups excluding carboxylic acids is 1. The fourth-order valence-electron chi connectivity index (χ4n) is 3.50. The fraction of sp³-hybridized carbons (Fsp3) is 0.192. The lowest BCUT2D eigenvalue weighted by atomic mass is 10.1. The van der Waals surface area contributed by atoms with Crippen molar-refractivity contribution in [2.75, 3.05) is 0 Å². The molecule has 4 aromatic rings. The van der Waals surface area contributed by atoms with Crippen LogP contribution in [-0.2, 0) is 22.8 Å². The zero-order valence-corrected chi connectivity index (χ0v) is 23.0. The van der Waals surface area contributed by atoms with Gasteiger partial charge >= 0.3 is 11.8 Å². The van der Waals surface area contributed by atoms with Gasteiger partial charge in [0.1, 0.15) is 12.7 Å². The van der Waals surface area contributed by atoms with Crippen LogP contribution in [0.5, 0.6) is 11.6 Å². The summed E-state index contributed by atoms with van der Waals surface area (Å²) in [6.07, 6.45) is -1.15. The smallest absolute Gasteiger partial charge is 0.434 e. The number of halogens is 2. The summed E-state index contributed by atoms with van der Waals surface area (Å²) in [5.74, 6) is -0.149. The summed E-state index contributed by atoms with van der Waals surface area (Å²) < 4.78 is 16.8. The van der Waals surface area contributed by atoms with Gasteiger partial charge in [-0.2, -0.15) is 9.94 Å². The van der Waals surface area contributed by atoms with Crippen molar-refractivity contribution < 1.29 is 19.0 Å². The predicted molar refractivity (Wildman–Crippen MR) is 146 cm³/mol. The van der Waals surface area contributed by atoms with Crippen molar-refractivity contribution in [3.63, 3.8) is 0 Å². The minimum atomic E-state index is -1.15. The number of hydrogen-bond donors (Lipinski definition) is 1. The third kappa shape index (κ3) is 6.63. The molecule has 15 heteroatoms. The second kappa shape index (κ2) is 12.5. The van der Waals surface area contributed by atoms with Gasteiger partial charge in [0.25, 0.3) is 11.1 Å². The lowest BCUT2D eigenvalue weighted by Gasteiger charge is -2.14. The van der Waals surface area contributed by atoms with Crippen molar-refractivity contribution in [1.82, 2.24) is 24.5 Å². The van der Waals surface area contributed by atoms with E-state index >= 15 is 0 Å². The molecular weight excluding hydrogens is 579 g/mol. The summed E-state index contributed by atoms with van der Waals surface area (Å²) in [5.41, 5.74) is -2.11. The molecule has 0 unspecified atom stereocenters. The van der Waals surface area contributed by atoms with E-state index in [1.807, 2.05) is 13.8 Å². The minimum absolute atomic E-state index is 0.0109. The number of nitrogens with zero attached hydrogens (tertiary/aromatic N) is 5. The zero-order chi connectivity index (χ0) is 29.7. The first kappa shape index (κ1) is 29.1. The molecule has 0 fully saturated rings. The van der Waals surface area contributed by atoms with E-state index in [2.05, 4.69) is 15.3 Å². The Balaban J connectivity index is 1.61. The number of nitrogens with one attached hydrogen (secondary N) is 1. The van der Waals surface area contributed by atoms with Gasteiger partial charge in [-0.05, 0) is 23.6 Å². The van der Waals surface area contributed by atoms with Gasteiger partial charge in [0, 0.05) is 11.6 Å². The van der Waals surface area contributed by atoms with Gasteiger partial charge in [0.15, 0.2) is 12.5 Å². The molecule has 0 aliphatic rings. The van der Waals surface area contributed by atoms with Crippen LogP contribution in [0, 0.1) is 11.3 Å². The van der Waals surface area contributed by atoms with Gasteiger partial charge in [0.05, 0.1) is 15.7 Å². The lowest BCUT2D eigenvalue weighted by Crippen LogP contribution is -2.43. The highest BCUT2D eigenvalue weighted by Gasteiger charge is 2.20. The van der Waals surface area contributed by atoms with Crippen molar-refractivity contribution in [1.29, 1.82) is 5.26 Å². The van der Waals surface area contributed by atoms with Crippen LogP contribution in [0.3, 0.4) is 0 Å². The number of carbonyl (C=O) groups is 1. The number of hydrogen-bond acceptors (Lipinski definition) is 10. The number of aromatic nitrogens is 5. The molecule has 210 valence electrons. The van der Waals surface area contributed by atoms with Crippen molar-refractivity contribution in [3.05, 3.63) is 107 Å². The third-order valence-corrected chi connectivity index (χ3v) is 6.10. The van der Waals surface area contributed by atoms with Gasteiger partial charge in [-0.15, -0.1) is 10.2 Å². The summed E-state index contributed by atoms with van der Waals surface area (Å²) >= 11 is 12.8. The quantitative estimate of drug-likeness (QED) is 0.293. The molecule has 41 heavy (non-hydrogen) atoms. The number of ether oxygens (including phenoxy) is 3. The molecule has 2 heterocycles. The fourth-order valence-corrected chi connectivity index (χ4v) is 4.05. The largest absolute Gasteiger partial charge is 0.510 e. The molecule has 13 nitrogen and oxygen atoms in total. The highest BCUT2D eigenvalue weighted by molar-refractivity contribution is 6.37. The van der Waals surface area contributed by atoms with E-state index in [1.165, 1.54) is 18.2 Å². The first-order valence-corrected chi connectivity index (χ1v) is 12.6. The highest BCUT2D eigenvalue weighted by atomic mass is 35.5. The number of aromatic amines is 1. The van der Waals surface area contributed by atoms with Gasteiger partial charge in [-0.1, -0.05) is 67.4 Å². The van der Waals surface area contributed by atoms with Crippen molar-refractivity contribution in [2.45, 2.75) is 33.1 Å². The molecule has 0 saturated carbocycles. The summed E-state index contributed by atoms with van der Waals surface area (Å²) in [5, 5.41) is 19.2. The summed E-state index contributed by atoms with van der Waals surface area (Å²) in [6, 6.07) is 14.3. The Bertz CT molecular complexity index is 1800. The third-order valence-electron chi connectivity index (χ3n) is 5.54. The molecule has 1 N–H and O–H groups in total. The Hall–Kier alpha value is -4.93. The maximum Gasteiger partial charge on any atom is 0.510 e.